The zero-order valence-corrected chi connectivity index (χ0v) is 11.2. The summed E-state index contributed by atoms with van der Waals surface area (Å²) in [7, 11) is 1.75. The first-order valence-electron chi connectivity index (χ1n) is 6.25. The number of rotatable bonds is 9. The summed E-state index contributed by atoms with van der Waals surface area (Å²) < 4.78 is 5.02. The zero-order valence-electron chi connectivity index (χ0n) is 11.2. The Labute approximate surface area is 95.8 Å². The van der Waals surface area contributed by atoms with Gasteiger partial charge in [0, 0.05) is 20.2 Å². The number of methoxy groups -OCH3 is 1. The summed E-state index contributed by atoms with van der Waals surface area (Å²) in [5.41, 5.74) is 0.407. The summed E-state index contributed by atoms with van der Waals surface area (Å²) in [6.45, 7) is 12.2. The van der Waals surface area contributed by atoms with Gasteiger partial charge in [0.05, 0.1) is 6.61 Å². The van der Waals surface area contributed by atoms with E-state index in [-0.39, 0.29) is 0 Å². The van der Waals surface area contributed by atoms with Crippen LogP contribution in [0.5, 0.6) is 0 Å². The quantitative estimate of drug-likeness (QED) is 0.597. The van der Waals surface area contributed by atoms with Crippen LogP contribution >= 0.6 is 0 Å². The maximum Gasteiger partial charge on any atom is 0.0587 e. The third kappa shape index (κ3) is 7.80. The van der Waals surface area contributed by atoms with E-state index in [1.165, 1.54) is 19.3 Å². The molecule has 2 heteroatoms. The van der Waals surface area contributed by atoms with Gasteiger partial charge < -0.3 is 10.1 Å². The van der Waals surface area contributed by atoms with Crippen LogP contribution in [0.2, 0.25) is 0 Å². The van der Waals surface area contributed by atoms with Crippen LogP contribution in [0.15, 0.2) is 0 Å². The molecule has 15 heavy (non-hydrogen) atoms. The third-order valence-electron chi connectivity index (χ3n) is 3.08. The molecular formula is C13H29NO. The molecule has 0 aromatic heterocycles. The summed E-state index contributed by atoms with van der Waals surface area (Å²) in [6.07, 6.45) is 3.93. The fraction of sp³-hybridized carbons (Fsp3) is 1.00. The zero-order chi connectivity index (χ0) is 11.7. The monoisotopic (exact) mass is 215 g/mol. The minimum Gasteiger partial charge on any atom is -0.383 e. The SMILES string of the molecule is CCC(CC)CC(C)(C)CNCCOC. The van der Waals surface area contributed by atoms with Crippen LogP contribution in [0, 0.1) is 11.3 Å². The van der Waals surface area contributed by atoms with Gasteiger partial charge in [0.1, 0.15) is 0 Å². The first-order chi connectivity index (χ1) is 7.05. The van der Waals surface area contributed by atoms with Gasteiger partial charge in [-0.2, -0.15) is 0 Å². The molecule has 0 rings (SSSR count). The van der Waals surface area contributed by atoms with E-state index in [1.54, 1.807) is 7.11 Å². The van der Waals surface area contributed by atoms with E-state index < -0.39 is 0 Å². The molecular weight excluding hydrogens is 186 g/mol. The Bertz CT molecular complexity index is 141. The molecule has 0 spiro atoms. The lowest BCUT2D eigenvalue weighted by Gasteiger charge is -2.29. The lowest BCUT2D eigenvalue weighted by atomic mass is 9.80. The van der Waals surface area contributed by atoms with Crippen molar-refractivity contribution < 1.29 is 4.74 Å². The predicted molar refractivity (Wildman–Crippen MR) is 67.2 cm³/mol. The van der Waals surface area contributed by atoms with Gasteiger partial charge in [0.15, 0.2) is 0 Å². The largest absolute Gasteiger partial charge is 0.383 e. The number of hydrogen-bond acceptors (Lipinski definition) is 2. The maximum atomic E-state index is 5.02. The van der Waals surface area contributed by atoms with Crippen molar-refractivity contribution in [1.29, 1.82) is 0 Å². The van der Waals surface area contributed by atoms with E-state index in [0.29, 0.717) is 5.41 Å². The standard InChI is InChI=1S/C13H29NO/c1-6-12(7-2)10-13(3,4)11-14-8-9-15-5/h12,14H,6-11H2,1-5H3. The van der Waals surface area contributed by atoms with Gasteiger partial charge in [-0.25, -0.2) is 0 Å². The minimum atomic E-state index is 0.407. The third-order valence-corrected chi connectivity index (χ3v) is 3.08. The molecule has 2 nitrogen and oxygen atoms in total. The van der Waals surface area contributed by atoms with Crippen molar-refractivity contribution in [2.45, 2.75) is 47.0 Å². The Morgan fingerprint density at radius 2 is 1.80 bits per heavy atom. The summed E-state index contributed by atoms with van der Waals surface area (Å²) in [5, 5.41) is 3.46. The van der Waals surface area contributed by atoms with E-state index >= 15 is 0 Å². The Balaban J connectivity index is 3.74. The van der Waals surface area contributed by atoms with Crippen molar-refractivity contribution in [3.8, 4) is 0 Å². The van der Waals surface area contributed by atoms with Crippen LogP contribution in [0.4, 0.5) is 0 Å². The fourth-order valence-corrected chi connectivity index (χ4v) is 2.03. The van der Waals surface area contributed by atoms with Crippen LogP contribution in [0.1, 0.15) is 47.0 Å². The highest BCUT2D eigenvalue weighted by Crippen LogP contribution is 2.28. The molecule has 0 fully saturated rings. The van der Waals surface area contributed by atoms with Crippen molar-refractivity contribution in [2.75, 3.05) is 26.8 Å². The van der Waals surface area contributed by atoms with Gasteiger partial charge in [-0.3, -0.25) is 0 Å². The molecule has 0 aromatic rings. The number of hydrogen-bond donors (Lipinski definition) is 1. The van der Waals surface area contributed by atoms with E-state index in [1.807, 2.05) is 0 Å². The molecule has 0 atom stereocenters. The summed E-state index contributed by atoms with van der Waals surface area (Å²) in [4.78, 5) is 0. The molecule has 0 saturated carbocycles. The average Bonchev–Trinajstić information content (AvgIpc) is 2.21. The topological polar surface area (TPSA) is 21.3 Å². The minimum absolute atomic E-state index is 0.407. The summed E-state index contributed by atoms with van der Waals surface area (Å²) >= 11 is 0. The molecule has 0 bridgehead atoms. The summed E-state index contributed by atoms with van der Waals surface area (Å²) in [6, 6.07) is 0. The van der Waals surface area contributed by atoms with Crippen molar-refractivity contribution in [3.63, 3.8) is 0 Å². The highest BCUT2D eigenvalue weighted by atomic mass is 16.5. The van der Waals surface area contributed by atoms with Gasteiger partial charge in [0.2, 0.25) is 0 Å². The summed E-state index contributed by atoms with van der Waals surface area (Å²) in [5.74, 6) is 0.879. The molecule has 0 radical (unpaired) electrons. The molecule has 0 aliphatic heterocycles. The van der Waals surface area contributed by atoms with Crippen LogP contribution in [-0.4, -0.2) is 26.8 Å². The molecule has 1 N–H and O–H groups in total. The average molecular weight is 215 g/mol. The van der Waals surface area contributed by atoms with Crippen LogP contribution in [-0.2, 0) is 4.74 Å². The van der Waals surface area contributed by atoms with Gasteiger partial charge in [-0.05, 0) is 17.8 Å². The van der Waals surface area contributed by atoms with Gasteiger partial charge in [-0.15, -0.1) is 0 Å². The second-order valence-corrected chi connectivity index (χ2v) is 5.22. The Kier molecular flexibility index (Phi) is 8.07. The molecule has 0 amide bonds. The highest BCUT2D eigenvalue weighted by Gasteiger charge is 2.21. The fourth-order valence-electron chi connectivity index (χ4n) is 2.03. The number of nitrogens with one attached hydrogen (secondary N) is 1. The Morgan fingerprint density at radius 3 is 2.27 bits per heavy atom. The number of ether oxygens (including phenoxy) is 1. The van der Waals surface area contributed by atoms with Crippen molar-refractivity contribution in [1.82, 2.24) is 5.32 Å². The van der Waals surface area contributed by atoms with Gasteiger partial charge in [0.25, 0.3) is 0 Å². The molecule has 0 aliphatic rings. The van der Waals surface area contributed by atoms with E-state index in [2.05, 4.69) is 33.0 Å². The normalized spacial score (nSPS) is 12.4. The first-order valence-corrected chi connectivity index (χ1v) is 6.25. The Hall–Kier alpha value is -0.0800. The van der Waals surface area contributed by atoms with Gasteiger partial charge in [-0.1, -0.05) is 40.5 Å². The first kappa shape index (κ1) is 14.9. The maximum absolute atomic E-state index is 5.02. The molecule has 0 unspecified atom stereocenters. The van der Waals surface area contributed by atoms with Crippen LogP contribution < -0.4 is 5.32 Å². The second-order valence-electron chi connectivity index (χ2n) is 5.22. The molecule has 92 valence electrons. The predicted octanol–water partition coefficient (Wildman–Crippen LogP) is 3.07. The van der Waals surface area contributed by atoms with Crippen molar-refractivity contribution >= 4 is 0 Å². The lowest BCUT2D eigenvalue weighted by Crippen LogP contribution is -2.33. The lowest BCUT2D eigenvalue weighted by molar-refractivity contribution is 0.188. The Morgan fingerprint density at radius 1 is 1.20 bits per heavy atom. The molecule has 0 heterocycles. The molecule has 0 saturated heterocycles. The van der Waals surface area contributed by atoms with E-state index in [0.717, 1.165) is 25.6 Å². The molecule has 0 aliphatic carbocycles. The van der Waals surface area contributed by atoms with Crippen LogP contribution in [0.3, 0.4) is 0 Å². The van der Waals surface area contributed by atoms with E-state index in [4.69, 9.17) is 4.74 Å². The second kappa shape index (κ2) is 8.12. The highest BCUT2D eigenvalue weighted by molar-refractivity contribution is 4.75. The van der Waals surface area contributed by atoms with Crippen LogP contribution in [0.25, 0.3) is 0 Å². The van der Waals surface area contributed by atoms with Crippen molar-refractivity contribution in [2.24, 2.45) is 11.3 Å². The van der Waals surface area contributed by atoms with Gasteiger partial charge >= 0.3 is 0 Å². The van der Waals surface area contributed by atoms with Crippen molar-refractivity contribution in [3.05, 3.63) is 0 Å². The molecule has 0 aromatic carbocycles. The van der Waals surface area contributed by atoms with E-state index in [9.17, 15) is 0 Å². The smallest absolute Gasteiger partial charge is 0.0587 e.